The number of hydrogen-bond donors (Lipinski definition) is 2. The molecule has 10 saturated heterocycles. The summed E-state index contributed by atoms with van der Waals surface area (Å²) in [7, 11) is 1.66. The van der Waals surface area contributed by atoms with Crippen LogP contribution in [0.2, 0.25) is 0 Å². The summed E-state index contributed by atoms with van der Waals surface area (Å²) in [6.45, 7) is 11.3. The van der Waals surface area contributed by atoms with Crippen molar-refractivity contribution in [3.63, 3.8) is 0 Å². The highest BCUT2D eigenvalue weighted by molar-refractivity contribution is 5.79. The summed E-state index contributed by atoms with van der Waals surface area (Å²) in [4.78, 5) is 14.1. The Morgan fingerprint density at radius 2 is 1.56 bits per heavy atom. The molecule has 19 atom stereocenters. The Morgan fingerprint density at radius 3 is 2.38 bits per heavy atom. The van der Waals surface area contributed by atoms with E-state index < -0.39 is 18.0 Å². The highest BCUT2D eigenvalue weighted by atomic mass is 16.8. The second-order valence-electron chi connectivity index (χ2n) is 17.4. The Balaban J connectivity index is 0.994. The second-order valence-corrected chi connectivity index (χ2v) is 17.4. The van der Waals surface area contributed by atoms with Crippen molar-refractivity contribution < 1.29 is 52.5 Å². The average Bonchev–Trinajstić information content (AvgIpc) is 3.79. The Morgan fingerprint density at radius 1 is 0.808 bits per heavy atom. The average molecular weight is 730 g/mol. The van der Waals surface area contributed by atoms with E-state index in [2.05, 4.69) is 20.1 Å². The molecule has 0 amide bonds. The standard InChI is InChI=1S/C40H59NO11/c1-19-11-24-5-7-28-20(2)12-26(45-28)9-10-40-17-33-36(51-40)37-38(50-33)39(52-40)35-29(49-37)8-6-25(47-35)13-22(42)14-27-31(16-30(46-24)21(19)3)48-32(34(27)44-4)15-23(43)18-41/h19,23-39,43H,2-3,5-18,41H2,1,4H3/t19-,23?,24?,25?,26?,27?,28?,29+,30?,31+,32?,33-,34-,35?,36?,37?,38?,39?,40+/m1/s1. The van der Waals surface area contributed by atoms with E-state index in [1.165, 1.54) is 0 Å². The first-order chi connectivity index (χ1) is 25.1. The Kier molecular flexibility index (Phi) is 10.0. The van der Waals surface area contributed by atoms with Gasteiger partial charge in [-0.05, 0) is 62.0 Å². The molecule has 10 aliphatic rings. The third-order valence-corrected chi connectivity index (χ3v) is 14.0. The van der Waals surface area contributed by atoms with E-state index in [0.717, 1.165) is 56.1 Å². The van der Waals surface area contributed by atoms with Crippen LogP contribution in [0.5, 0.6) is 0 Å². The van der Waals surface area contributed by atoms with Gasteiger partial charge in [-0.1, -0.05) is 20.1 Å². The number of hydrogen-bond acceptors (Lipinski definition) is 12. The van der Waals surface area contributed by atoms with E-state index in [1.807, 2.05) is 0 Å². The van der Waals surface area contributed by atoms with Gasteiger partial charge in [-0.25, -0.2) is 0 Å². The minimum atomic E-state index is -0.780. The molecule has 10 rings (SSSR count). The summed E-state index contributed by atoms with van der Waals surface area (Å²) >= 11 is 0. The number of ether oxygens (including phenoxy) is 9. The molecule has 0 aromatic heterocycles. The molecule has 13 unspecified atom stereocenters. The highest BCUT2D eigenvalue weighted by Crippen LogP contribution is 2.54. The van der Waals surface area contributed by atoms with Gasteiger partial charge in [0.05, 0.1) is 67.1 Å². The van der Waals surface area contributed by atoms with Gasteiger partial charge in [-0.15, -0.1) is 0 Å². The SMILES string of the molecule is C=C1CC2CC[C@@]34C[C@H]5OC6C(O3)C3OC(CC[C@@H]3OC6C5O4)CC(=O)CC3[C@@H](OC)C(CC(O)CN)O[C@H]3CC3OC(CCC1O2)C[C@@H](C)C3=C. The van der Waals surface area contributed by atoms with Crippen molar-refractivity contribution in [1.82, 2.24) is 0 Å². The first-order valence-corrected chi connectivity index (χ1v) is 20.2. The molecule has 3 N–H and O–H groups in total. The molecule has 0 saturated carbocycles. The van der Waals surface area contributed by atoms with E-state index in [4.69, 9.17) is 48.4 Å². The van der Waals surface area contributed by atoms with E-state index in [1.54, 1.807) is 7.11 Å². The number of ketones is 1. The van der Waals surface area contributed by atoms with Gasteiger partial charge in [0.2, 0.25) is 0 Å². The van der Waals surface area contributed by atoms with Crippen LogP contribution in [-0.2, 0) is 47.4 Å². The molecule has 290 valence electrons. The Labute approximate surface area is 307 Å². The number of carbonyl (C=O) groups excluding carboxylic acids is 1. The van der Waals surface area contributed by atoms with Gasteiger partial charge in [0, 0.05) is 58.1 Å². The summed E-state index contributed by atoms with van der Waals surface area (Å²) in [5.74, 6) is -0.619. The van der Waals surface area contributed by atoms with Crippen molar-refractivity contribution >= 4 is 5.78 Å². The molecule has 1 spiro atoms. The molecule has 12 nitrogen and oxygen atoms in total. The maximum Gasteiger partial charge on any atom is 0.172 e. The summed E-state index contributed by atoms with van der Waals surface area (Å²) in [5.41, 5.74) is 8.01. The van der Waals surface area contributed by atoms with Gasteiger partial charge >= 0.3 is 0 Å². The normalized spacial score (nSPS) is 52.4. The second kappa shape index (κ2) is 14.3. The van der Waals surface area contributed by atoms with Crippen LogP contribution in [0.25, 0.3) is 0 Å². The molecule has 0 aromatic rings. The maximum atomic E-state index is 14.1. The van der Waals surface area contributed by atoms with Crippen molar-refractivity contribution in [2.24, 2.45) is 17.6 Å². The lowest BCUT2D eigenvalue weighted by Gasteiger charge is -2.47. The van der Waals surface area contributed by atoms with E-state index in [-0.39, 0.29) is 122 Å². The predicted octanol–water partition coefficient (Wildman–Crippen LogP) is 3.44. The zero-order chi connectivity index (χ0) is 35.9. The van der Waals surface area contributed by atoms with Crippen molar-refractivity contribution in [1.29, 1.82) is 0 Å². The summed E-state index contributed by atoms with van der Waals surface area (Å²) in [6.07, 6.45) is 4.85. The largest absolute Gasteiger partial charge is 0.392 e. The first-order valence-electron chi connectivity index (χ1n) is 20.2. The lowest BCUT2D eigenvalue weighted by Crippen LogP contribution is -2.61. The third kappa shape index (κ3) is 6.59. The highest BCUT2D eigenvalue weighted by Gasteiger charge is 2.68. The number of aliphatic hydroxyl groups is 1. The van der Waals surface area contributed by atoms with E-state index in [0.29, 0.717) is 25.7 Å². The smallest absolute Gasteiger partial charge is 0.172 e. The molecule has 0 aliphatic carbocycles. The summed E-state index contributed by atoms with van der Waals surface area (Å²) in [6, 6.07) is 0. The van der Waals surface area contributed by atoms with Crippen LogP contribution in [0.3, 0.4) is 0 Å². The molecule has 0 radical (unpaired) electrons. The van der Waals surface area contributed by atoms with Crippen LogP contribution < -0.4 is 5.73 Å². The van der Waals surface area contributed by atoms with Crippen LogP contribution in [-0.4, -0.2) is 128 Å². The first kappa shape index (κ1) is 36.4. The van der Waals surface area contributed by atoms with Crippen LogP contribution >= 0.6 is 0 Å². The zero-order valence-electron chi connectivity index (χ0n) is 30.8. The van der Waals surface area contributed by atoms with Crippen molar-refractivity contribution in [3.8, 4) is 0 Å². The van der Waals surface area contributed by atoms with E-state index >= 15 is 0 Å². The Hall–Kier alpha value is -1.29. The van der Waals surface area contributed by atoms with Crippen molar-refractivity contribution in [3.05, 3.63) is 24.3 Å². The molecular formula is C40H59NO11. The number of aliphatic hydroxyl groups excluding tert-OH is 1. The van der Waals surface area contributed by atoms with Gasteiger partial charge in [0.25, 0.3) is 0 Å². The van der Waals surface area contributed by atoms with Crippen molar-refractivity contribution in [2.75, 3.05) is 13.7 Å². The fourth-order valence-electron chi connectivity index (χ4n) is 11.3. The third-order valence-electron chi connectivity index (χ3n) is 14.0. The molecule has 12 heteroatoms. The molecule has 0 aromatic carbocycles. The molecule has 10 heterocycles. The molecular weight excluding hydrogens is 670 g/mol. The van der Waals surface area contributed by atoms with Gasteiger partial charge in [0.1, 0.15) is 36.3 Å². The van der Waals surface area contributed by atoms with Crippen LogP contribution in [0, 0.1) is 11.8 Å². The number of carbonyl (C=O) groups is 1. The quantitative estimate of drug-likeness (QED) is 0.409. The summed E-state index contributed by atoms with van der Waals surface area (Å²) < 4.78 is 60.0. The maximum absolute atomic E-state index is 14.1. The van der Waals surface area contributed by atoms with Crippen LogP contribution in [0.1, 0.15) is 90.4 Å². The number of rotatable bonds is 4. The molecule has 10 fully saturated rings. The molecule has 10 aliphatic heterocycles. The minimum Gasteiger partial charge on any atom is -0.392 e. The lowest BCUT2D eigenvalue weighted by molar-refractivity contribution is -0.292. The monoisotopic (exact) mass is 729 g/mol. The minimum absolute atomic E-state index is 0.0158. The van der Waals surface area contributed by atoms with Crippen molar-refractivity contribution in [2.45, 2.75) is 194 Å². The number of methoxy groups -OCH3 is 1. The van der Waals surface area contributed by atoms with Crippen LogP contribution in [0.4, 0.5) is 0 Å². The fourth-order valence-corrected chi connectivity index (χ4v) is 11.3. The molecule has 52 heavy (non-hydrogen) atoms. The zero-order valence-corrected chi connectivity index (χ0v) is 30.8. The van der Waals surface area contributed by atoms with E-state index in [9.17, 15) is 9.90 Å². The van der Waals surface area contributed by atoms with Gasteiger partial charge in [-0.3, -0.25) is 4.79 Å². The fraction of sp³-hybridized carbons (Fsp3) is 0.875. The van der Waals surface area contributed by atoms with Gasteiger partial charge in [-0.2, -0.15) is 0 Å². The Bertz CT molecular complexity index is 1380. The summed E-state index contributed by atoms with van der Waals surface area (Å²) in [5, 5.41) is 10.5. The number of fused-ring (bicyclic) bond motifs is 6. The van der Waals surface area contributed by atoms with Gasteiger partial charge < -0.3 is 53.5 Å². The van der Waals surface area contributed by atoms with Crippen LogP contribution in [0.15, 0.2) is 24.3 Å². The predicted molar refractivity (Wildman–Crippen MR) is 186 cm³/mol. The number of Topliss-reactive ketones (excluding diaryl/α,β-unsaturated/α-hetero) is 1. The number of nitrogens with two attached hydrogens (primary N) is 1. The lowest BCUT2D eigenvalue weighted by atomic mass is 9.81. The van der Waals surface area contributed by atoms with Gasteiger partial charge in [0.15, 0.2) is 5.79 Å². The molecule has 12 bridgehead atoms. The topological polar surface area (TPSA) is 146 Å².